The number of likely N-dealkylation sites (N-methyl/N-ethyl adjacent to an activating group) is 1. The number of nitrogens with zero attached hydrogens (tertiary/aromatic N) is 6. The molecule has 0 bridgehead atoms. The fraction of sp³-hybridized carbons (Fsp3) is 0.613. The lowest BCUT2D eigenvalue weighted by molar-refractivity contribution is -0.122. The van der Waals surface area contributed by atoms with Crippen molar-refractivity contribution in [1.29, 1.82) is 0 Å². The normalized spacial score (nSPS) is 29.2. The summed E-state index contributed by atoms with van der Waals surface area (Å²) in [6, 6.07) is 9.64. The van der Waals surface area contributed by atoms with Crippen molar-refractivity contribution >= 4 is 28.8 Å². The maximum atomic E-state index is 12.1. The fourth-order valence-electron chi connectivity index (χ4n) is 6.71. The minimum absolute atomic E-state index is 0.0374. The average Bonchev–Trinajstić information content (AvgIpc) is 3.81. The van der Waals surface area contributed by atoms with Crippen LogP contribution in [0.5, 0.6) is 0 Å². The molecule has 0 unspecified atom stereocenters. The summed E-state index contributed by atoms with van der Waals surface area (Å²) in [5.41, 5.74) is 2.36. The number of ether oxygens (including phenoxy) is 1. The van der Waals surface area contributed by atoms with Crippen LogP contribution in [0.3, 0.4) is 0 Å². The van der Waals surface area contributed by atoms with Crippen molar-refractivity contribution in [3.05, 3.63) is 42.2 Å². The second kappa shape index (κ2) is 12.7. The minimum atomic E-state index is -1.09. The Kier molecular flexibility index (Phi) is 8.80. The van der Waals surface area contributed by atoms with Crippen LogP contribution in [-0.4, -0.2) is 104 Å². The van der Waals surface area contributed by atoms with E-state index in [1.54, 1.807) is 13.3 Å². The number of imidazole rings is 1. The van der Waals surface area contributed by atoms with E-state index < -0.39 is 24.3 Å². The number of hydrogen-bond donors (Lipinski definition) is 4. The molecule has 0 radical (unpaired) electrons. The van der Waals surface area contributed by atoms with Gasteiger partial charge in [0.1, 0.15) is 12.2 Å². The number of anilines is 2. The lowest BCUT2D eigenvalue weighted by atomic mass is 10.2. The highest BCUT2D eigenvalue weighted by Gasteiger charge is 2.44. The van der Waals surface area contributed by atoms with Crippen molar-refractivity contribution in [1.82, 2.24) is 29.7 Å². The molecule has 1 saturated heterocycles. The first kappa shape index (κ1) is 29.7. The van der Waals surface area contributed by atoms with Gasteiger partial charge >= 0.3 is 0 Å². The number of nitrogens with one attached hydrogen (secondary N) is 2. The lowest BCUT2D eigenvalue weighted by Gasteiger charge is -2.24. The van der Waals surface area contributed by atoms with E-state index >= 15 is 0 Å². The van der Waals surface area contributed by atoms with E-state index in [9.17, 15) is 15.0 Å². The molecule has 2 aromatic heterocycles. The Morgan fingerprint density at radius 1 is 1.09 bits per heavy atom. The summed E-state index contributed by atoms with van der Waals surface area (Å²) >= 11 is 0. The average molecular weight is 593 g/mol. The second-order valence-corrected chi connectivity index (χ2v) is 12.4. The summed E-state index contributed by atoms with van der Waals surface area (Å²) in [4.78, 5) is 31.3. The molecule has 1 aliphatic heterocycles. The molecule has 4 N–H and O–H groups in total. The molecule has 1 aromatic carbocycles. The topological polar surface area (TPSA) is 141 Å². The molecular weight excluding hydrogens is 548 g/mol. The first-order chi connectivity index (χ1) is 20.8. The largest absolute Gasteiger partial charge is 0.388 e. The van der Waals surface area contributed by atoms with Crippen LogP contribution in [-0.2, 0) is 16.1 Å². The van der Waals surface area contributed by atoms with Crippen molar-refractivity contribution in [3.8, 4) is 0 Å². The smallest absolute Gasteiger partial charge is 0.229 e. The Labute approximate surface area is 252 Å². The van der Waals surface area contributed by atoms with Gasteiger partial charge in [-0.2, -0.15) is 9.97 Å². The minimum Gasteiger partial charge on any atom is -0.388 e. The van der Waals surface area contributed by atoms with Crippen LogP contribution in [0.25, 0.3) is 11.2 Å². The van der Waals surface area contributed by atoms with Crippen LogP contribution in [0.1, 0.15) is 57.1 Å². The second-order valence-electron chi connectivity index (χ2n) is 12.4. The zero-order valence-electron chi connectivity index (χ0n) is 25.3. The summed E-state index contributed by atoms with van der Waals surface area (Å²) < 4.78 is 8.22. The van der Waals surface area contributed by atoms with E-state index in [1.807, 2.05) is 22.8 Å². The van der Waals surface area contributed by atoms with Gasteiger partial charge in [0.2, 0.25) is 11.9 Å². The summed E-state index contributed by atoms with van der Waals surface area (Å²) in [6.07, 6.45) is 4.21. The van der Waals surface area contributed by atoms with E-state index in [4.69, 9.17) is 19.7 Å². The van der Waals surface area contributed by atoms with Gasteiger partial charge in [0.15, 0.2) is 17.0 Å². The van der Waals surface area contributed by atoms with Crippen molar-refractivity contribution in [2.75, 3.05) is 37.4 Å². The Morgan fingerprint density at radius 2 is 1.91 bits per heavy atom. The van der Waals surface area contributed by atoms with E-state index in [2.05, 4.69) is 46.7 Å². The highest BCUT2D eigenvalue weighted by Crippen LogP contribution is 2.36. The standard InChI is InChI=1S/C31H44N8O4/c1-4-25(40)33-22-15-23(28(42)27(22)41)39-18-32-26-29(35-31(36-30(26)39)38-14-13-20(16-38)37(2)3)34-21-11-8-12-24(21)43-17-19-9-6-5-7-10-19/h5-7,9-10,18,20-24,27-28,41-42H,4,8,11-17H2,1-3H3,(H,33,40)(H,34,35,36)/t20-,21+,22+,23-,24+,27-,28+/m1/s1. The lowest BCUT2D eigenvalue weighted by Crippen LogP contribution is -2.42. The number of amides is 1. The third-order valence-electron chi connectivity index (χ3n) is 9.34. The number of aromatic nitrogens is 4. The number of aliphatic hydroxyl groups is 2. The van der Waals surface area contributed by atoms with E-state index in [0.717, 1.165) is 44.3 Å². The molecule has 43 heavy (non-hydrogen) atoms. The molecule has 0 spiro atoms. The number of benzene rings is 1. The molecule has 3 aliphatic rings. The van der Waals surface area contributed by atoms with Crippen LogP contribution >= 0.6 is 0 Å². The molecule has 12 nitrogen and oxygen atoms in total. The van der Waals surface area contributed by atoms with Crippen LogP contribution in [0.15, 0.2) is 36.7 Å². The summed E-state index contributed by atoms with van der Waals surface area (Å²) in [6.45, 7) is 3.97. The Bertz CT molecular complexity index is 1400. The molecule has 232 valence electrons. The number of carbonyl (C=O) groups is 1. The fourth-order valence-corrected chi connectivity index (χ4v) is 6.71. The molecule has 3 heterocycles. The molecule has 2 saturated carbocycles. The predicted octanol–water partition coefficient (Wildman–Crippen LogP) is 2.08. The van der Waals surface area contributed by atoms with Gasteiger partial charge in [0.05, 0.1) is 37.2 Å². The summed E-state index contributed by atoms with van der Waals surface area (Å²) in [7, 11) is 4.19. The SMILES string of the molecule is CCC(=O)N[C@H]1C[C@@H](n2cnc3c(N[C@H]4CCC[C@@H]4OCc4ccccc4)nc(N4CC[C@@H](N(C)C)C4)nc32)[C@H](O)[C@@H]1O. The predicted molar refractivity (Wildman–Crippen MR) is 164 cm³/mol. The number of fused-ring (bicyclic) bond motifs is 1. The van der Waals surface area contributed by atoms with Gasteiger partial charge in [-0.3, -0.25) is 4.79 Å². The maximum Gasteiger partial charge on any atom is 0.229 e. The van der Waals surface area contributed by atoms with Gasteiger partial charge in [-0.05, 0) is 51.8 Å². The number of rotatable bonds is 10. The van der Waals surface area contributed by atoms with Gasteiger partial charge in [-0.25, -0.2) is 4.98 Å². The third-order valence-corrected chi connectivity index (χ3v) is 9.34. The maximum absolute atomic E-state index is 12.1. The molecule has 7 atom stereocenters. The zero-order chi connectivity index (χ0) is 30.1. The molecule has 2 aliphatic carbocycles. The number of carbonyl (C=O) groups excluding carboxylic acids is 1. The Hall–Kier alpha value is -3.32. The first-order valence-electron chi connectivity index (χ1n) is 15.6. The molecule has 12 heteroatoms. The monoisotopic (exact) mass is 592 g/mol. The first-order valence-corrected chi connectivity index (χ1v) is 15.6. The molecule has 6 rings (SSSR count). The van der Waals surface area contributed by atoms with Crippen LogP contribution in [0.2, 0.25) is 0 Å². The zero-order valence-corrected chi connectivity index (χ0v) is 25.3. The number of hydrogen-bond acceptors (Lipinski definition) is 10. The highest BCUT2D eigenvalue weighted by molar-refractivity contribution is 5.85. The van der Waals surface area contributed by atoms with Gasteiger partial charge in [0.25, 0.3) is 0 Å². The van der Waals surface area contributed by atoms with Crippen molar-refractivity contribution < 1.29 is 19.7 Å². The van der Waals surface area contributed by atoms with Crippen LogP contribution in [0.4, 0.5) is 11.8 Å². The van der Waals surface area contributed by atoms with Gasteiger partial charge in [-0.1, -0.05) is 37.3 Å². The number of aliphatic hydroxyl groups excluding tert-OH is 2. The van der Waals surface area contributed by atoms with E-state index in [1.165, 1.54) is 0 Å². The van der Waals surface area contributed by atoms with Crippen LogP contribution < -0.4 is 15.5 Å². The van der Waals surface area contributed by atoms with Gasteiger partial charge in [-0.15, -0.1) is 0 Å². The third kappa shape index (κ3) is 6.19. The van der Waals surface area contributed by atoms with E-state index in [-0.39, 0.29) is 18.1 Å². The molecule has 1 amide bonds. The van der Waals surface area contributed by atoms with Crippen molar-refractivity contribution in [2.45, 2.75) is 94.5 Å². The van der Waals surface area contributed by atoms with Gasteiger partial charge < -0.3 is 40.0 Å². The van der Waals surface area contributed by atoms with Crippen LogP contribution in [0, 0.1) is 0 Å². The molecular formula is C31H44N8O4. The van der Waals surface area contributed by atoms with Crippen molar-refractivity contribution in [2.24, 2.45) is 0 Å². The summed E-state index contributed by atoms with van der Waals surface area (Å²) in [5, 5.41) is 28.4. The van der Waals surface area contributed by atoms with E-state index in [0.29, 0.717) is 48.4 Å². The molecule has 3 fully saturated rings. The summed E-state index contributed by atoms with van der Waals surface area (Å²) in [5.74, 6) is 1.11. The molecule has 3 aromatic rings. The Morgan fingerprint density at radius 3 is 2.65 bits per heavy atom. The van der Waals surface area contributed by atoms with Crippen molar-refractivity contribution in [3.63, 3.8) is 0 Å². The highest BCUT2D eigenvalue weighted by atomic mass is 16.5. The van der Waals surface area contributed by atoms with Gasteiger partial charge in [0, 0.05) is 25.6 Å². The quantitative estimate of drug-likeness (QED) is 0.277. The Balaban J connectivity index is 1.30.